The van der Waals surface area contributed by atoms with Crippen molar-refractivity contribution in [2.75, 3.05) is 13.2 Å². The molecule has 7 heteroatoms. The molecule has 2 aromatic rings. The van der Waals surface area contributed by atoms with Crippen molar-refractivity contribution in [1.82, 2.24) is 10.2 Å². The van der Waals surface area contributed by atoms with Crippen LogP contribution in [0.1, 0.15) is 69.9 Å². The first-order valence-electron chi connectivity index (χ1n) is 12.5. The van der Waals surface area contributed by atoms with Crippen molar-refractivity contribution >= 4 is 18.0 Å². The molecule has 2 N–H and O–H groups in total. The summed E-state index contributed by atoms with van der Waals surface area (Å²) < 4.78 is 5.60. The minimum atomic E-state index is -1.01. The standard InChI is InChI=1S/C28H36N2O5/c1-4-5-10-17-30(19(2)3)27(33)25(15-16-26(31)32)29-28(34)35-18-24-22-13-8-6-11-20(22)21-12-7-9-14-23(21)24/h6-9,11-14,19,24-25H,4-5,10,15-18H2,1-3H3,(H,29,34)(H,31,32). The SMILES string of the molecule is CCCCCN(C(=O)C(CCC(=O)O)NC(=O)OCC1c2ccccc2-c2ccccc21)C(C)C. The molecule has 1 unspecified atom stereocenters. The summed E-state index contributed by atoms with van der Waals surface area (Å²) in [6.07, 6.45) is 1.96. The maximum atomic E-state index is 13.3. The number of carboxylic acid groups (broad SMARTS) is 1. The molecule has 35 heavy (non-hydrogen) atoms. The number of fused-ring (bicyclic) bond motifs is 3. The lowest BCUT2D eigenvalue weighted by atomic mass is 9.98. The summed E-state index contributed by atoms with van der Waals surface area (Å²) in [6, 6.07) is 15.1. The van der Waals surface area contributed by atoms with Crippen LogP contribution >= 0.6 is 0 Å². The van der Waals surface area contributed by atoms with Gasteiger partial charge in [0.2, 0.25) is 5.91 Å². The lowest BCUT2D eigenvalue weighted by Gasteiger charge is -2.31. The van der Waals surface area contributed by atoms with Crippen molar-refractivity contribution in [3.05, 3.63) is 59.7 Å². The van der Waals surface area contributed by atoms with Gasteiger partial charge in [0, 0.05) is 24.9 Å². The van der Waals surface area contributed by atoms with Crippen LogP contribution in [0, 0.1) is 0 Å². The minimum Gasteiger partial charge on any atom is -0.481 e. The highest BCUT2D eigenvalue weighted by Gasteiger charge is 2.31. The van der Waals surface area contributed by atoms with Gasteiger partial charge in [0.25, 0.3) is 0 Å². The van der Waals surface area contributed by atoms with E-state index in [-0.39, 0.29) is 37.3 Å². The Labute approximate surface area is 207 Å². The van der Waals surface area contributed by atoms with Gasteiger partial charge >= 0.3 is 12.1 Å². The lowest BCUT2D eigenvalue weighted by Crippen LogP contribution is -2.51. The average molecular weight is 481 g/mol. The third-order valence-electron chi connectivity index (χ3n) is 6.49. The zero-order valence-electron chi connectivity index (χ0n) is 20.8. The smallest absolute Gasteiger partial charge is 0.407 e. The third-order valence-corrected chi connectivity index (χ3v) is 6.49. The van der Waals surface area contributed by atoms with Crippen molar-refractivity contribution in [3.8, 4) is 11.1 Å². The van der Waals surface area contributed by atoms with Crippen molar-refractivity contribution in [3.63, 3.8) is 0 Å². The van der Waals surface area contributed by atoms with Crippen LogP contribution < -0.4 is 5.32 Å². The summed E-state index contributed by atoms with van der Waals surface area (Å²) in [6.45, 7) is 6.64. The molecule has 0 aromatic heterocycles. The molecule has 0 spiro atoms. The molecule has 0 fully saturated rings. The summed E-state index contributed by atoms with van der Waals surface area (Å²) in [5, 5.41) is 11.8. The van der Waals surface area contributed by atoms with Crippen LogP contribution in [-0.2, 0) is 14.3 Å². The Kier molecular flexibility index (Phi) is 9.29. The average Bonchev–Trinajstić information content (AvgIpc) is 3.16. The molecule has 1 aliphatic rings. The zero-order valence-corrected chi connectivity index (χ0v) is 20.8. The van der Waals surface area contributed by atoms with Crippen molar-refractivity contribution in [2.45, 2.75) is 70.9 Å². The summed E-state index contributed by atoms with van der Waals surface area (Å²) in [4.78, 5) is 39.0. The summed E-state index contributed by atoms with van der Waals surface area (Å²) in [5.41, 5.74) is 4.46. The predicted molar refractivity (Wildman–Crippen MR) is 135 cm³/mol. The van der Waals surface area contributed by atoms with Gasteiger partial charge in [-0.15, -0.1) is 0 Å². The monoisotopic (exact) mass is 480 g/mol. The van der Waals surface area contributed by atoms with Crippen LogP contribution in [0.25, 0.3) is 11.1 Å². The molecule has 2 amide bonds. The molecule has 0 heterocycles. The Morgan fingerprint density at radius 3 is 2.14 bits per heavy atom. The van der Waals surface area contributed by atoms with Crippen LogP contribution in [0.4, 0.5) is 4.79 Å². The first kappa shape index (κ1) is 26.3. The van der Waals surface area contributed by atoms with E-state index in [1.54, 1.807) is 4.90 Å². The maximum absolute atomic E-state index is 13.3. The number of hydrogen-bond acceptors (Lipinski definition) is 4. The van der Waals surface area contributed by atoms with Crippen molar-refractivity contribution in [2.24, 2.45) is 0 Å². The van der Waals surface area contributed by atoms with Crippen LogP contribution in [0.2, 0.25) is 0 Å². The van der Waals surface area contributed by atoms with Crippen LogP contribution in [-0.4, -0.2) is 53.2 Å². The van der Waals surface area contributed by atoms with E-state index in [9.17, 15) is 14.4 Å². The van der Waals surface area contributed by atoms with Gasteiger partial charge in [0.15, 0.2) is 0 Å². The number of nitrogens with one attached hydrogen (secondary N) is 1. The number of aliphatic carboxylic acids is 1. The van der Waals surface area contributed by atoms with Crippen molar-refractivity contribution in [1.29, 1.82) is 0 Å². The molecule has 1 atom stereocenters. The molecular weight excluding hydrogens is 444 g/mol. The number of nitrogens with zero attached hydrogens (tertiary/aromatic N) is 1. The van der Waals surface area contributed by atoms with Gasteiger partial charge in [-0.05, 0) is 48.9 Å². The predicted octanol–water partition coefficient (Wildman–Crippen LogP) is 5.19. The highest BCUT2D eigenvalue weighted by atomic mass is 16.5. The van der Waals surface area contributed by atoms with Gasteiger partial charge in [0.1, 0.15) is 12.6 Å². The number of ether oxygens (including phenoxy) is 1. The molecule has 0 aliphatic heterocycles. The van der Waals surface area contributed by atoms with E-state index in [2.05, 4.69) is 24.4 Å². The number of carboxylic acids is 1. The molecule has 2 aromatic carbocycles. The van der Waals surface area contributed by atoms with Gasteiger partial charge in [-0.25, -0.2) is 4.79 Å². The second-order valence-electron chi connectivity index (χ2n) is 9.29. The topological polar surface area (TPSA) is 95.9 Å². The number of carbonyl (C=O) groups is 3. The molecule has 1 aliphatic carbocycles. The van der Waals surface area contributed by atoms with E-state index in [0.717, 1.165) is 41.5 Å². The fraction of sp³-hybridized carbons (Fsp3) is 0.464. The molecular formula is C28H36N2O5. The number of hydrogen-bond donors (Lipinski definition) is 2. The number of carbonyl (C=O) groups excluding carboxylic acids is 2. The third kappa shape index (κ3) is 6.62. The molecule has 188 valence electrons. The Hall–Kier alpha value is -3.35. The highest BCUT2D eigenvalue weighted by molar-refractivity contribution is 5.86. The second kappa shape index (κ2) is 12.4. The molecule has 0 radical (unpaired) electrons. The van der Waals surface area contributed by atoms with Crippen LogP contribution in [0.3, 0.4) is 0 Å². The van der Waals surface area contributed by atoms with E-state index >= 15 is 0 Å². The number of amides is 2. The maximum Gasteiger partial charge on any atom is 0.407 e. The fourth-order valence-electron chi connectivity index (χ4n) is 4.66. The van der Waals surface area contributed by atoms with Gasteiger partial charge in [-0.3, -0.25) is 9.59 Å². The number of benzene rings is 2. The van der Waals surface area contributed by atoms with E-state index in [0.29, 0.717) is 6.54 Å². The van der Waals surface area contributed by atoms with E-state index in [4.69, 9.17) is 9.84 Å². The number of rotatable bonds is 12. The first-order valence-corrected chi connectivity index (χ1v) is 12.5. The first-order chi connectivity index (χ1) is 16.8. The quantitative estimate of drug-likeness (QED) is 0.408. The lowest BCUT2D eigenvalue weighted by molar-refractivity contribution is -0.138. The highest BCUT2D eigenvalue weighted by Crippen LogP contribution is 2.44. The zero-order chi connectivity index (χ0) is 25.4. The van der Waals surface area contributed by atoms with E-state index < -0.39 is 18.1 Å². The number of unbranched alkanes of at least 4 members (excludes halogenated alkanes) is 2. The van der Waals surface area contributed by atoms with Crippen molar-refractivity contribution < 1.29 is 24.2 Å². The largest absolute Gasteiger partial charge is 0.481 e. The van der Waals surface area contributed by atoms with E-state index in [1.165, 1.54) is 0 Å². The Morgan fingerprint density at radius 1 is 1.00 bits per heavy atom. The van der Waals surface area contributed by atoms with Crippen LogP contribution in [0.15, 0.2) is 48.5 Å². The molecule has 7 nitrogen and oxygen atoms in total. The summed E-state index contributed by atoms with van der Waals surface area (Å²) >= 11 is 0. The van der Waals surface area contributed by atoms with Crippen LogP contribution in [0.5, 0.6) is 0 Å². The second-order valence-corrected chi connectivity index (χ2v) is 9.29. The number of alkyl carbamates (subject to hydrolysis) is 1. The van der Waals surface area contributed by atoms with Gasteiger partial charge in [0.05, 0.1) is 0 Å². The van der Waals surface area contributed by atoms with Gasteiger partial charge < -0.3 is 20.1 Å². The Balaban J connectivity index is 1.69. The molecule has 0 saturated heterocycles. The van der Waals surface area contributed by atoms with Gasteiger partial charge in [-0.2, -0.15) is 0 Å². The molecule has 3 rings (SSSR count). The van der Waals surface area contributed by atoms with Gasteiger partial charge in [-0.1, -0.05) is 68.3 Å². The minimum absolute atomic E-state index is 0.00929. The summed E-state index contributed by atoms with van der Waals surface area (Å²) in [7, 11) is 0. The summed E-state index contributed by atoms with van der Waals surface area (Å²) in [5.74, 6) is -1.38. The molecule has 0 saturated carbocycles. The van der Waals surface area contributed by atoms with E-state index in [1.807, 2.05) is 50.2 Å². The molecule has 0 bridgehead atoms. The Bertz CT molecular complexity index is 990. The fourth-order valence-corrected chi connectivity index (χ4v) is 4.66. The Morgan fingerprint density at radius 2 is 1.60 bits per heavy atom. The normalized spacial score (nSPS) is 13.1.